The number of halogens is 3. The fourth-order valence-electron chi connectivity index (χ4n) is 4.67. The fourth-order valence-corrected chi connectivity index (χ4v) is 5.75. The molecule has 9 nitrogen and oxygen atoms in total. The molecule has 0 fully saturated rings. The number of fused-ring (bicyclic) bond motifs is 1. The SMILES string of the molecule is CCOC(=O)C1(C(=O)OCC)NC(c2ccc(C(F)(F)F)cc2)c2c(NS(=O)(=O)c3ccc(C)cc3)ccc(O)c21. The second-order valence-corrected chi connectivity index (χ2v) is 10.9. The van der Waals surface area contributed by atoms with Crippen molar-refractivity contribution in [2.75, 3.05) is 17.9 Å². The molecule has 41 heavy (non-hydrogen) atoms. The Hall–Kier alpha value is -4.10. The third-order valence-corrected chi connectivity index (χ3v) is 7.94. The van der Waals surface area contributed by atoms with Crippen molar-refractivity contribution in [3.63, 3.8) is 0 Å². The van der Waals surface area contributed by atoms with Crippen LogP contribution in [-0.2, 0) is 40.8 Å². The van der Waals surface area contributed by atoms with Crippen LogP contribution in [0.4, 0.5) is 18.9 Å². The lowest BCUT2D eigenvalue weighted by atomic mass is 9.87. The van der Waals surface area contributed by atoms with E-state index < -0.39 is 51.0 Å². The fraction of sp³-hybridized carbons (Fsp3) is 0.286. The summed E-state index contributed by atoms with van der Waals surface area (Å²) in [6.45, 7) is 4.43. The average molecular weight is 593 g/mol. The highest BCUT2D eigenvalue weighted by Crippen LogP contribution is 2.50. The Labute approximate surface area is 234 Å². The molecule has 0 aliphatic carbocycles. The Bertz CT molecular complexity index is 1550. The van der Waals surface area contributed by atoms with E-state index in [2.05, 4.69) is 10.0 Å². The summed E-state index contributed by atoms with van der Waals surface area (Å²) in [6, 6.07) is 10.9. The Morgan fingerprint density at radius 1 is 0.951 bits per heavy atom. The van der Waals surface area contributed by atoms with Crippen LogP contribution in [0.3, 0.4) is 0 Å². The van der Waals surface area contributed by atoms with Gasteiger partial charge in [0.05, 0.1) is 35.4 Å². The maximum Gasteiger partial charge on any atom is 0.416 e. The second kappa shape index (κ2) is 11.1. The number of sulfonamides is 1. The van der Waals surface area contributed by atoms with Crippen LogP contribution in [-0.4, -0.2) is 38.7 Å². The molecule has 3 N–H and O–H groups in total. The summed E-state index contributed by atoms with van der Waals surface area (Å²) >= 11 is 0. The zero-order valence-electron chi connectivity index (χ0n) is 22.2. The number of carbonyl (C=O) groups excluding carboxylic acids is 2. The van der Waals surface area contributed by atoms with E-state index >= 15 is 0 Å². The maximum absolute atomic E-state index is 13.4. The molecule has 0 saturated carbocycles. The number of benzene rings is 3. The summed E-state index contributed by atoms with van der Waals surface area (Å²) in [7, 11) is -4.23. The molecule has 13 heteroatoms. The lowest BCUT2D eigenvalue weighted by Crippen LogP contribution is -2.54. The van der Waals surface area contributed by atoms with Crippen LogP contribution in [0.2, 0.25) is 0 Å². The largest absolute Gasteiger partial charge is 0.508 e. The average Bonchev–Trinajstić information content (AvgIpc) is 3.29. The topological polar surface area (TPSA) is 131 Å². The van der Waals surface area contributed by atoms with Gasteiger partial charge in [-0.15, -0.1) is 0 Å². The van der Waals surface area contributed by atoms with Crippen LogP contribution in [0.15, 0.2) is 65.6 Å². The number of hydrogen-bond donors (Lipinski definition) is 3. The number of nitrogens with one attached hydrogen (secondary N) is 2. The first-order valence-corrected chi connectivity index (χ1v) is 14.0. The summed E-state index contributed by atoms with van der Waals surface area (Å²) in [5.74, 6) is -2.87. The van der Waals surface area contributed by atoms with E-state index in [0.717, 1.165) is 35.9 Å². The van der Waals surface area contributed by atoms with Crippen LogP contribution in [0.5, 0.6) is 5.75 Å². The van der Waals surface area contributed by atoms with Gasteiger partial charge in [-0.05, 0) is 62.7 Å². The number of carbonyl (C=O) groups is 2. The number of ether oxygens (including phenoxy) is 2. The third kappa shape index (κ3) is 5.46. The molecule has 218 valence electrons. The number of alkyl halides is 3. The van der Waals surface area contributed by atoms with Crippen molar-refractivity contribution >= 4 is 27.6 Å². The molecular formula is C28H27F3N2O7S. The van der Waals surface area contributed by atoms with Crippen LogP contribution >= 0.6 is 0 Å². The molecule has 1 aliphatic rings. The summed E-state index contributed by atoms with van der Waals surface area (Å²) in [5, 5.41) is 13.8. The summed E-state index contributed by atoms with van der Waals surface area (Å²) in [5.41, 5.74) is -3.01. The minimum Gasteiger partial charge on any atom is -0.508 e. The third-order valence-electron chi connectivity index (χ3n) is 6.56. The van der Waals surface area contributed by atoms with E-state index in [9.17, 15) is 36.3 Å². The van der Waals surface area contributed by atoms with Crippen molar-refractivity contribution in [3.05, 3.63) is 88.5 Å². The number of aryl methyl sites for hydroxylation is 1. The smallest absolute Gasteiger partial charge is 0.416 e. The van der Waals surface area contributed by atoms with E-state index in [1.54, 1.807) is 19.1 Å². The quantitative estimate of drug-likeness (QED) is 0.198. The van der Waals surface area contributed by atoms with E-state index in [4.69, 9.17) is 9.47 Å². The summed E-state index contributed by atoms with van der Waals surface area (Å²) in [4.78, 5) is 26.8. The number of rotatable bonds is 8. The number of anilines is 1. The summed E-state index contributed by atoms with van der Waals surface area (Å²) in [6.07, 6.45) is -4.63. The lowest BCUT2D eigenvalue weighted by molar-refractivity contribution is -0.166. The van der Waals surface area contributed by atoms with Crippen molar-refractivity contribution in [2.45, 2.75) is 43.4 Å². The highest BCUT2D eigenvalue weighted by Gasteiger charge is 2.60. The van der Waals surface area contributed by atoms with Gasteiger partial charge in [-0.25, -0.2) is 18.0 Å². The predicted octanol–water partition coefficient (Wildman–Crippen LogP) is 4.53. The predicted molar refractivity (Wildman–Crippen MR) is 141 cm³/mol. The Morgan fingerprint density at radius 2 is 1.51 bits per heavy atom. The number of esters is 2. The van der Waals surface area contributed by atoms with Gasteiger partial charge < -0.3 is 14.6 Å². The number of phenols is 1. The first-order valence-electron chi connectivity index (χ1n) is 12.5. The van der Waals surface area contributed by atoms with Crippen molar-refractivity contribution in [1.82, 2.24) is 5.32 Å². The zero-order chi connectivity index (χ0) is 30.2. The van der Waals surface area contributed by atoms with Crippen molar-refractivity contribution in [1.29, 1.82) is 0 Å². The van der Waals surface area contributed by atoms with Crippen LogP contribution in [0, 0.1) is 6.92 Å². The van der Waals surface area contributed by atoms with Crippen molar-refractivity contribution in [3.8, 4) is 5.75 Å². The monoisotopic (exact) mass is 592 g/mol. The molecular weight excluding hydrogens is 565 g/mol. The highest BCUT2D eigenvalue weighted by atomic mass is 32.2. The first-order chi connectivity index (χ1) is 19.3. The van der Waals surface area contributed by atoms with E-state index in [-0.39, 0.29) is 40.5 Å². The lowest BCUT2D eigenvalue weighted by Gasteiger charge is -2.27. The van der Waals surface area contributed by atoms with Gasteiger partial charge in [-0.3, -0.25) is 10.0 Å². The van der Waals surface area contributed by atoms with E-state index in [0.29, 0.717) is 0 Å². The van der Waals surface area contributed by atoms with Gasteiger partial charge in [0.25, 0.3) is 10.0 Å². The van der Waals surface area contributed by atoms with Gasteiger partial charge in [-0.1, -0.05) is 29.8 Å². The number of aromatic hydroxyl groups is 1. The molecule has 0 aromatic heterocycles. The van der Waals surface area contributed by atoms with E-state index in [1.807, 2.05) is 0 Å². The molecule has 3 aromatic carbocycles. The normalized spacial score (nSPS) is 16.1. The van der Waals surface area contributed by atoms with Gasteiger partial charge in [0.2, 0.25) is 5.54 Å². The van der Waals surface area contributed by atoms with Crippen molar-refractivity contribution in [2.24, 2.45) is 0 Å². The molecule has 1 unspecified atom stereocenters. The molecule has 0 amide bonds. The molecule has 4 rings (SSSR count). The Kier molecular flexibility index (Phi) is 8.05. The van der Waals surface area contributed by atoms with Gasteiger partial charge >= 0.3 is 18.1 Å². The Morgan fingerprint density at radius 3 is 2.02 bits per heavy atom. The maximum atomic E-state index is 13.4. The minimum absolute atomic E-state index is 0.0680. The minimum atomic E-state index is -4.63. The van der Waals surface area contributed by atoms with E-state index in [1.165, 1.54) is 32.0 Å². The Balaban J connectivity index is 1.97. The molecule has 1 aliphatic heterocycles. The van der Waals surface area contributed by atoms with Gasteiger partial charge in [0, 0.05) is 11.1 Å². The zero-order valence-corrected chi connectivity index (χ0v) is 23.0. The molecule has 0 saturated heterocycles. The van der Waals surface area contributed by atoms with Crippen LogP contribution < -0.4 is 10.0 Å². The van der Waals surface area contributed by atoms with Crippen LogP contribution in [0.25, 0.3) is 0 Å². The number of hydrogen-bond acceptors (Lipinski definition) is 8. The molecule has 0 spiro atoms. The van der Waals surface area contributed by atoms with Gasteiger partial charge in [0.1, 0.15) is 5.75 Å². The first kappa shape index (κ1) is 29.9. The second-order valence-electron chi connectivity index (χ2n) is 9.23. The molecule has 0 bridgehead atoms. The van der Waals surface area contributed by atoms with Gasteiger partial charge in [0.15, 0.2) is 0 Å². The molecule has 1 atom stereocenters. The van der Waals surface area contributed by atoms with Gasteiger partial charge in [-0.2, -0.15) is 13.2 Å². The van der Waals surface area contributed by atoms with Crippen LogP contribution in [0.1, 0.15) is 47.7 Å². The molecule has 3 aromatic rings. The molecule has 0 radical (unpaired) electrons. The standard InChI is InChI=1S/C28H27F3N2O7S/c1-4-39-25(35)27(26(36)40-5-2)23-21(34)15-14-20(33-41(37,38)19-12-6-16(3)7-13-19)22(23)24(32-27)17-8-10-18(11-9-17)28(29,30)31/h6-15,24,32-34H,4-5H2,1-3H3. The highest BCUT2D eigenvalue weighted by molar-refractivity contribution is 7.92. The number of phenolic OH excluding ortho intramolecular Hbond substituents is 1. The summed E-state index contributed by atoms with van der Waals surface area (Å²) < 4.78 is 79.3. The molecule has 1 heterocycles. The van der Waals surface area contributed by atoms with Crippen molar-refractivity contribution < 1.29 is 45.8 Å².